The fraction of sp³-hybridized carbons (Fsp3) is 0.304. The highest BCUT2D eigenvalue weighted by Gasteiger charge is 2.16. The Balaban J connectivity index is 1.86. The number of halogens is 1. The third-order valence-corrected chi connectivity index (χ3v) is 5.32. The van der Waals surface area contributed by atoms with Crippen LogP contribution in [0.2, 0.25) is 5.15 Å². The Kier molecular flexibility index (Phi) is 7.07. The number of hydrogen-bond donors (Lipinski definition) is 2. The first kappa shape index (κ1) is 21.1. The molecule has 0 saturated heterocycles. The summed E-state index contributed by atoms with van der Waals surface area (Å²) >= 11 is 6.23. The molecular formula is C23H25ClN2O3. The van der Waals surface area contributed by atoms with E-state index < -0.39 is 5.97 Å². The average molecular weight is 413 g/mol. The van der Waals surface area contributed by atoms with Crippen LogP contribution in [0.3, 0.4) is 0 Å². The summed E-state index contributed by atoms with van der Waals surface area (Å²) in [6.07, 6.45) is 4.09. The van der Waals surface area contributed by atoms with Gasteiger partial charge in [0.1, 0.15) is 5.82 Å². The number of aliphatic hydroxyl groups is 1. The molecule has 5 nitrogen and oxygen atoms in total. The Morgan fingerprint density at radius 1 is 1.10 bits per heavy atom. The van der Waals surface area contributed by atoms with Crippen molar-refractivity contribution >= 4 is 17.6 Å². The van der Waals surface area contributed by atoms with Crippen molar-refractivity contribution in [2.24, 2.45) is 0 Å². The number of aromatic nitrogens is 2. The number of carboxylic acids is 1. The lowest BCUT2D eigenvalue weighted by Crippen LogP contribution is -2.09. The number of aryl methyl sites for hydroxylation is 1. The van der Waals surface area contributed by atoms with Gasteiger partial charge in [-0.2, -0.15) is 0 Å². The van der Waals surface area contributed by atoms with E-state index in [4.69, 9.17) is 11.6 Å². The zero-order chi connectivity index (χ0) is 20.8. The van der Waals surface area contributed by atoms with Gasteiger partial charge >= 0.3 is 5.97 Å². The molecule has 0 aliphatic rings. The van der Waals surface area contributed by atoms with Crippen LogP contribution >= 0.6 is 11.6 Å². The van der Waals surface area contributed by atoms with E-state index in [0.29, 0.717) is 23.0 Å². The molecule has 0 saturated carbocycles. The van der Waals surface area contributed by atoms with E-state index in [-0.39, 0.29) is 12.2 Å². The number of benzene rings is 2. The molecule has 3 rings (SSSR count). The number of hydrogen-bond acceptors (Lipinski definition) is 3. The summed E-state index contributed by atoms with van der Waals surface area (Å²) in [7, 11) is 0. The number of carbonyl (C=O) groups is 1. The molecule has 0 bridgehead atoms. The molecule has 29 heavy (non-hydrogen) atoms. The third-order valence-electron chi connectivity index (χ3n) is 5.02. The average Bonchev–Trinajstić information content (AvgIpc) is 3.03. The van der Waals surface area contributed by atoms with E-state index in [1.54, 1.807) is 12.1 Å². The fourth-order valence-corrected chi connectivity index (χ4v) is 3.72. The first-order valence-corrected chi connectivity index (χ1v) is 10.2. The van der Waals surface area contributed by atoms with Gasteiger partial charge in [0, 0.05) is 13.0 Å². The Labute approximate surface area is 175 Å². The highest BCUT2D eigenvalue weighted by atomic mass is 35.5. The Morgan fingerprint density at radius 3 is 2.48 bits per heavy atom. The minimum atomic E-state index is -0.943. The van der Waals surface area contributed by atoms with E-state index in [2.05, 4.69) is 11.9 Å². The number of rotatable bonds is 9. The highest BCUT2D eigenvalue weighted by molar-refractivity contribution is 6.30. The van der Waals surface area contributed by atoms with Crippen LogP contribution in [-0.4, -0.2) is 25.7 Å². The van der Waals surface area contributed by atoms with Crippen LogP contribution < -0.4 is 0 Å². The number of carboxylic acid groups (broad SMARTS) is 1. The maximum atomic E-state index is 11.5. The predicted molar refractivity (Wildman–Crippen MR) is 114 cm³/mol. The summed E-state index contributed by atoms with van der Waals surface area (Å²) in [4.78, 5) is 15.9. The molecule has 1 aromatic heterocycles. The van der Waals surface area contributed by atoms with Crippen molar-refractivity contribution in [1.29, 1.82) is 0 Å². The largest absolute Gasteiger partial charge is 0.478 e. The summed E-state index contributed by atoms with van der Waals surface area (Å²) in [5, 5.41) is 19.5. The molecule has 2 aromatic carbocycles. The molecular weight excluding hydrogens is 388 g/mol. The minimum Gasteiger partial charge on any atom is -0.478 e. The van der Waals surface area contributed by atoms with Gasteiger partial charge in [-0.1, -0.05) is 73.8 Å². The number of nitrogens with zero attached hydrogens (tertiary/aromatic N) is 2. The normalized spacial score (nSPS) is 11.0. The molecule has 2 N–H and O–H groups in total. The Bertz CT molecular complexity index is 980. The van der Waals surface area contributed by atoms with Crippen molar-refractivity contribution in [3.8, 4) is 11.1 Å². The molecule has 6 heteroatoms. The number of unbranched alkanes of at least 4 members (excludes halogenated alkanes) is 2. The number of aliphatic hydroxyl groups excluding tert-OH is 1. The number of aromatic carboxylic acids is 1. The van der Waals surface area contributed by atoms with E-state index in [1.165, 1.54) is 0 Å². The second kappa shape index (κ2) is 9.72. The van der Waals surface area contributed by atoms with Crippen LogP contribution in [0, 0.1) is 0 Å². The molecule has 0 aliphatic carbocycles. The fourth-order valence-electron chi connectivity index (χ4n) is 3.46. The van der Waals surface area contributed by atoms with Crippen LogP contribution in [0.5, 0.6) is 0 Å². The maximum Gasteiger partial charge on any atom is 0.336 e. The lowest BCUT2D eigenvalue weighted by Gasteiger charge is -2.12. The summed E-state index contributed by atoms with van der Waals surface area (Å²) < 4.78 is 1.98. The molecule has 152 valence electrons. The van der Waals surface area contributed by atoms with Crippen molar-refractivity contribution in [2.75, 3.05) is 0 Å². The first-order valence-electron chi connectivity index (χ1n) is 9.81. The predicted octanol–water partition coefficient (Wildman–Crippen LogP) is 5.18. The van der Waals surface area contributed by atoms with Crippen molar-refractivity contribution < 1.29 is 15.0 Å². The van der Waals surface area contributed by atoms with Crippen molar-refractivity contribution in [2.45, 2.75) is 45.8 Å². The topological polar surface area (TPSA) is 75.4 Å². The standard InChI is InChI=1S/C23H25ClN2O3/c1-2-3-4-9-21-25-22(24)20(15-27)26(21)14-16-10-12-17(13-11-16)18-7-5-6-8-19(18)23(28)29/h5-8,10-13,27H,2-4,9,14-15H2,1H3,(H,28,29). The Hall–Kier alpha value is -2.63. The van der Waals surface area contributed by atoms with Crippen LogP contribution in [0.1, 0.15) is 53.6 Å². The van der Waals surface area contributed by atoms with Gasteiger partial charge in [-0.05, 0) is 29.2 Å². The van der Waals surface area contributed by atoms with Gasteiger partial charge in [0.25, 0.3) is 0 Å². The van der Waals surface area contributed by atoms with Gasteiger partial charge in [0.05, 0.1) is 17.9 Å². The summed E-state index contributed by atoms with van der Waals surface area (Å²) in [5.74, 6) is -0.0603. The van der Waals surface area contributed by atoms with Crippen LogP contribution in [0.4, 0.5) is 0 Å². The molecule has 1 heterocycles. The first-order chi connectivity index (χ1) is 14.0. The van der Waals surface area contributed by atoms with E-state index >= 15 is 0 Å². The second-order valence-corrected chi connectivity index (χ2v) is 7.37. The minimum absolute atomic E-state index is 0.163. The monoisotopic (exact) mass is 412 g/mol. The summed E-state index contributed by atoms with van der Waals surface area (Å²) in [5.41, 5.74) is 3.47. The van der Waals surface area contributed by atoms with Crippen molar-refractivity contribution in [3.05, 3.63) is 76.3 Å². The summed E-state index contributed by atoms with van der Waals surface area (Å²) in [6.45, 7) is 2.55. The van der Waals surface area contributed by atoms with Crippen LogP contribution in [0.25, 0.3) is 11.1 Å². The van der Waals surface area contributed by atoms with Crippen molar-refractivity contribution in [1.82, 2.24) is 9.55 Å². The lowest BCUT2D eigenvalue weighted by molar-refractivity contribution is 0.0697. The van der Waals surface area contributed by atoms with Gasteiger partial charge < -0.3 is 14.8 Å². The van der Waals surface area contributed by atoms with Crippen LogP contribution in [0.15, 0.2) is 48.5 Å². The third kappa shape index (κ3) is 4.86. The molecule has 0 unspecified atom stereocenters. The smallest absolute Gasteiger partial charge is 0.336 e. The molecule has 0 atom stereocenters. The van der Waals surface area contributed by atoms with Gasteiger partial charge in [0.15, 0.2) is 5.15 Å². The Morgan fingerprint density at radius 2 is 1.83 bits per heavy atom. The van der Waals surface area contributed by atoms with E-state index in [9.17, 15) is 15.0 Å². The van der Waals surface area contributed by atoms with E-state index in [1.807, 2.05) is 41.0 Å². The summed E-state index contributed by atoms with van der Waals surface area (Å²) in [6, 6.07) is 14.8. The molecule has 0 spiro atoms. The maximum absolute atomic E-state index is 11.5. The van der Waals surface area contributed by atoms with Gasteiger partial charge in [-0.25, -0.2) is 9.78 Å². The van der Waals surface area contributed by atoms with Crippen LogP contribution in [-0.2, 0) is 19.6 Å². The van der Waals surface area contributed by atoms with Gasteiger partial charge in [0.2, 0.25) is 0 Å². The quantitative estimate of drug-likeness (QED) is 0.475. The molecule has 0 radical (unpaired) electrons. The lowest BCUT2D eigenvalue weighted by atomic mass is 9.99. The molecule has 0 amide bonds. The highest BCUT2D eigenvalue weighted by Crippen LogP contribution is 2.25. The molecule has 0 fully saturated rings. The SMILES string of the molecule is CCCCCc1nc(Cl)c(CO)n1Cc1ccc(-c2ccccc2C(=O)O)cc1. The van der Waals surface area contributed by atoms with Crippen molar-refractivity contribution in [3.63, 3.8) is 0 Å². The zero-order valence-electron chi connectivity index (χ0n) is 16.4. The molecule has 0 aliphatic heterocycles. The van der Waals surface area contributed by atoms with Gasteiger partial charge in [-0.15, -0.1) is 0 Å². The number of imidazole rings is 1. The zero-order valence-corrected chi connectivity index (χ0v) is 17.2. The van der Waals surface area contributed by atoms with E-state index in [0.717, 1.165) is 42.6 Å². The van der Waals surface area contributed by atoms with Gasteiger partial charge in [-0.3, -0.25) is 0 Å². The molecule has 3 aromatic rings. The second-order valence-electron chi connectivity index (χ2n) is 7.01.